The number of piperidine rings is 1. The van der Waals surface area contributed by atoms with Crippen molar-refractivity contribution < 1.29 is 13.9 Å². The molecule has 0 unspecified atom stereocenters. The predicted molar refractivity (Wildman–Crippen MR) is 116 cm³/mol. The van der Waals surface area contributed by atoms with Crippen molar-refractivity contribution in [2.75, 3.05) is 25.1 Å². The summed E-state index contributed by atoms with van der Waals surface area (Å²) in [5, 5.41) is 13.2. The first kappa shape index (κ1) is 20.6. The lowest BCUT2D eigenvalue weighted by Gasteiger charge is -2.34. The van der Waals surface area contributed by atoms with Gasteiger partial charge in [-0.2, -0.15) is 5.26 Å². The number of amides is 1. The summed E-state index contributed by atoms with van der Waals surface area (Å²) in [6, 6.07) is 14.2. The topological polar surface area (TPSA) is 78.2 Å². The highest BCUT2D eigenvalue weighted by Crippen LogP contribution is 2.33. The van der Waals surface area contributed by atoms with E-state index in [2.05, 4.69) is 21.3 Å². The van der Waals surface area contributed by atoms with Gasteiger partial charge < -0.3 is 15.0 Å². The molecule has 1 fully saturated rings. The first-order valence-electron chi connectivity index (χ1n) is 10.2. The quantitative estimate of drug-likeness (QED) is 0.682. The second kappa shape index (κ2) is 9.00. The minimum absolute atomic E-state index is 0.0108. The Balaban J connectivity index is 1.45. The summed E-state index contributed by atoms with van der Waals surface area (Å²) in [5.41, 5.74) is 2.68. The van der Waals surface area contributed by atoms with Gasteiger partial charge in [0.2, 0.25) is 5.91 Å². The Labute approximate surface area is 180 Å². The van der Waals surface area contributed by atoms with Gasteiger partial charge in [0.05, 0.1) is 23.9 Å². The molecule has 1 amide bonds. The molecule has 1 aromatic heterocycles. The van der Waals surface area contributed by atoms with E-state index in [0.29, 0.717) is 54.6 Å². The van der Waals surface area contributed by atoms with E-state index >= 15 is 0 Å². The van der Waals surface area contributed by atoms with Gasteiger partial charge in [0, 0.05) is 42.7 Å². The molecule has 0 atom stereocenters. The number of nitriles is 1. The smallest absolute Gasteiger partial charge is 0.223 e. The summed E-state index contributed by atoms with van der Waals surface area (Å²) in [5.74, 6) is 0.285. The Morgan fingerprint density at radius 2 is 2.06 bits per heavy atom. The van der Waals surface area contributed by atoms with E-state index in [1.165, 1.54) is 18.3 Å². The molecule has 0 spiro atoms. The number of methoxy groups -OCH3 is 1. The molecule has 31 heavy (non-hydrogen) atoms. The number of nitrogens with zero attached hydrogens (tertiary/aromatic N) is 3. The Bertz CT molecular complexity index is 1150. The molecule has 7 heteroatoms. The van der Waals surface area contributed by atoms with Gasteiger partial charge in [-0.05, 0) is 37.1 Å². The van der Waals surface area contributed by atoms with Gasteiger partial charge in [-0.25, -0.2) is 4.39 Å². The highest BCUT2D eigenvalue weighted by Gasteiger charge is 2.27. The van der Waals surface area contributed by atoms with Crippen LogP contribution in [0.25, 0.3) is 10.9 Å². The number of para-hydroxylation sites is 1. The van der Waals surface area contributed by atoms with Gasteiger partial charge >= 0.3 is 0 Å². The lowest BCUT2D eigenvalue weighted by Crippen LogP contribution is -2.40. The molecule has 3 aromatic rings. The molecular formula is C24H23FN4O2. The zero-order chi connectivity index (χ0) is 21.8. The summed E-state index contributed by atoms with van der Waals surface area (Å²) in [7, 11) is 1.61. The maximum atomic E-state index is 13.9. The average molecular weight is 418 g/mol. The van der Waals surface area contributed by atoms with Gasteiger partial charge in [0.25, 0.3) is 0 Å². The first-order chi connectivity index (χ1) is 15.1. The van der Waals surface area contributed by atoms with Crippen molar-refractivity contribution in [2.45, 2.75) is 19.4 Å². The van der Waals surface area contributed by atoms with Crippen LogP contribution in [-0.4, -0.2) is 31.1 Å². The lowest BCUT2D eigenvalue weighted by molar-refractivity contribution is -0.125. The fourth-order valence-electron chi connectivity index (χ4n) is 4.11. The fraction of sp³-hybridized carbons (Fsp3) is 0.292. The van der Waals surface area contributed by atoms with Crippen molar-refractivity contribution in [1.82, 2.24) is 10.3 Å². The van der Waals surface area contributed by atoms with Crippen molar-refractivity contribution in [1.29, 1.82) is 5.26 Å². The number of fused-ring (bicyclic) bond motifs is 1. The SMILES string of the molecule is COc1ccccc1CNC(=O)C1CCN(c2c(C#N)cnc3ccc(F)cc23)CC1. The summed E-state index contributed by atoms with van der Waals surface area (Å²) < 4.78 is 19.2. The van der Waals surface area contributed by atoms with E-state index in [9.17, 15) is 14.4 Å². The van der Waals surface area contributed by atoms with Crippen molar-refractivity contribution in [3.63, 3.8) is 0 Å². The van der Waals surface area contributed by atoms with Crippen LogP contribution in [0.4, 0.5) is 10.1 Å². The van der Waals surface area contributed by atoms with Crippen molar-refractivity contribution in [3.05, 3.63) is 65.6 Å². The number of carbonyl (C=O) groups excluding carboxylic acids is 1. The highest BCUT2D eigenvalue weighted by atomic mass is 19.1. The van der Waals surface area contributed by atoms with E-state index in [-0.39, 0.29) is 17.6 Å². The second-order valence-electron chi connectivity index (χ2n) is 7.58. The number of nitrogens with one attached hydrogen (secondary N) is 1. The van der Waals surface area contributed by atoms with E-state index in [4.69, 9.17) is 4.74 Å². The molecule has 6 nitrogen and oxygen atoms in total. The van der Waals surface area contributed by atoms with Gasteiger partial charge in [0.1, 0.15) is 17.6 Å². The number of rotatable bonds is 5. The van der Waals surface area contributed by atoms with E-state index in [1.807, 2.05) is 24.3 Å². The molecule has 0 radical (unpaired) electrons. The Kier molecular flexibility index (Phi) is 5.99. The number of aromatic nitrogens is 1. The number of anilines is 1. The highest BCUT2D eigenvalue weighted by molar-refractivity contribution is 5.94. The molecule has 1 saturated heterocycles. The van der Waals surface area contributed by atoms with Gasteiger partial charge in [-0.3, -0.25) is 9.78 Å². The van der Waals surface area contributed by atoms with Crippen LogP contribution >= 0.6 is 0 Å². The number of hydrogen-bond donors (Lipinski definition) is 1. The van der Waals surface area contributed by atoms with Crippen molar-refractivity contribution >= 4 is 22.5 Å². The van der Waals surface area contributed by atoms with Crippen LogP contribution in [0, 0.1) is 23.1 Å². The molecule has 1 aliphatic heterocycles. The number of halogens is 1. The molecule has 0 saturated carbocycles. The fourth-order valence-corrected chi connectivity index (χ4v) is 4.11. The Morgan fingerprint density at radius 3 is 2.81 bits per heavy atom. The molecule has 1 N–H and O–H groups in total. The number of ether oxygens (including phenoxy) is 1. The second-order valence-corrected chi connectivity index (χ2v) is 7.58. The molecule has 2 aromatic carbocycles. The summed E-state index contributed by atoms with van der Waals surface area (Å²) in [4.78, 5) is 19.0. The normalized spacial score (nSPS) is 14.3. The monoisotopic (exact) mass is 418 g/mol. The largest absolute Gasteiger partial charge is 0.496 e. The zero-order valence-electron chi connectivity index (χ0n) is 17.3. The van der Waals surface area contributed by atoms with E-state index in [1.54, 1.807) is 13.2 Å². The van der Waals surface area contributed by atoms with Crippen LogP contribution in [0.5, 0.6) is 5.75 Å². The summed E-state index contributed by atoms with van der Waals surface area (Å²) >= 11 is 0. The van der Waals surface area contributed by atoms with Crippen LogP contribution in [0.15, 0.2) is 48.7 Å². The summed E-state index contributed by atoms with van der Waals surface area (Å²) in [6.07, 6.45) is 2.84. The van der Waals surface area contributed by atoms with Crippen LogP contribution in [0.1, 0.15) is 24.0 Å². The molecule has 2 heterocycles. The average Bonchev–Trinajstić information content (AvgIpc) is 2.82. The predicted octanol–water partition coefficient (Wildman–Crippen LogP) is 3.79. The number of hydrogen-bond acceptors (Lipinski definition) is 5. The van der Waals surface area contributed by atoms with Crippen LogP contribution < -0.4 is 15.0 Å². The Morgan fingerprint density at radius 1 is 1.29 bits per heavy atom. The third kappa shape index (κ3) is 4.29. The number of benzene rings is 2. The third-order valence-corrected chi connectivity index (χ3v) is 5.75. The summed E-state index contributed by atoms with van der Waals surface area (Å²) in [6.45, 7) is 1.63. The lowest BCUT2D eigenvalue weighted by atomic mass is 9.94. The maximum absolute atomic E-state index is 13.9. The zero-order valence-corrected chi connectivity index (χ0v) is 17.3. The Hall–Kier alpha value is -3.66. The van der Waals surface area contributed by atoms with Gasteiger partial charge in [0.15, 0.2) is 0 Å². The molecule has 0 aliphatic carbocycles. The standard InChI is InChI=1S/C24H23FN4O2/c1-31-22-5-3-2-4-17(22)14-28-24(30)16-8-10-29(11-9-16)23-18(13-26)15-27-21-7-6-19(25)12-20(21)23/h2-7,12,15-16H,8-11,14H2,1H3,(H,28,30). The maximum Gasteiger partial charge on any atom is 0.223 e. The van der Waals surface area contributed by atoms with Gasteiger partial charge in [-0.15, -0.1) is 0 Å². The third-order valence-electron chi connectivity index (χ3n) is 5.75. The van der Waals surface area contributed by atoms with Gasteiger partial charge in [-0.1, -0.05) is 18.2 Å². The van der Waals surface area contributed by atoms with Crippen molar-refractivity contribution in [3.8, 4) is 11.8 Å². The number of pyridine rings is 1. The first-order valence-corrected chi connectivity index (χ1v) is 10.2. The molecular weight excluding hydrogens is 395 g/mol. The van der Waals surface area contributed by atoms with Crippen LogP contribution in [0.3, 0.4) is 0 Å². The van der Waals surface area contributed by atoms with Crippen LogP contribution in [-0.2, 0) is 11.3 Å². The minimum Gasteiger partial charge on any atom is -0.496 e. The minimum atomic E-state index is -0.365. The molecule has 4 rings (SSSR count). The van der Waals surface area contributed by atoms with Crippen LogP contribution in [0.2, 0.25) is 0 Å². The molecule has 1 aliphatic rings. The van der Waals surface area contributed by atoms with Crippen molar-refractivity contribution in [2.24, 2.45) is 5.92 Å². The van der Waals surface area contributed by atoms with E-state index < -0.39 is 0 Å². The molecule has 158 valence electrons. The number of carbonyl (C=O) groups is 1. The van der Waals surface area contributed by atoms with E-state index in [0.717, 1.165) is 11.3 Å². The molecule has 0 bridgehead atoms.